The Bertz CT molecular complexity index is 921. The number of benzene rings is 3. The molecule has 0 saturated heterocycles. The maximum atomic E-state index is 12.1. The highest BCUT2D eigenvalue weighted by Gasteiger charge is 2.22. The summed E-state index contributed by atoms with van der Waals surface area (Å²) in [5, 5.41) is 6.40. The van der Waals surface area contributed by atoms with Crippen molar-refractivity contribution < 1.29 is 14.3 Å². The topological polar surface area (TPSA) is 55.4 Å². The molecule has 0 bridgehead atoms. The Morgan fingerprint density at radius 1 is 0.862 bits per heavy atom. The molecule has 0 heterocycles. The van der Waals surface area contributed by atoms with Crippen molar-refractivity contribution >= 4 is 35.7 Å². The van der Waals surface area contributed by atoms with E-state index in [2.05, 4.69) is 66.0 Å². The van der Waals surface area contributed by atoms with Crippen LogP contribution in [0.5, 0.6) is 0 Å². The zero-order valence-corrected chi connectivity index (χ0v) is 17.4. The van der Waals surface area contributed by atoms with Gasteiger partial charge < -0.3 is 10.1 Å². The molecule has 0 saturated carbocycles. The SMILES string of the molecule is COC(=O)C(Cc1cccc(P(c2ccccc2)c2ccccc2)c1)NC(C)=O. The van der Waals surface area contributed by atoms with Crippen LogP contribution in [0.2, 0.25) is 0 Å². The molecule has 1 amide bonds. The van der Waals surface area contributed by atoms with E-state index in [1.54, 1.807) is 0 Å². The predicted molar refractivity (Wildman–Crippen MR) is 118 cm³/mol. The Labute approximate surface area is 172 Å². The Morgan fingerprint density at radius 3 is 1.93 bits per heavy atom. The minimum Gasteiger partial charge on any atom is -0.467 e. The van der Waals surface area contributed by atoms with E-state index in [-0.39, 0.29) is 5.91 Å². The van der Waals surface area contributed by atoms with Gasteiger partial charge in [-0.3, -0.25) is 4.79 Å². The molecule has 0 spiro atoms. The lowest BCUT2D eigenvalue weighted by molar-refractivity contribution is -0.144. The molecular weight excluding hydrogens is 381 g/mol. The first-order valence-corrected chi connectivity index (χ1v) is 10.8. The molecule has 148 valence electrons. The molecule has 4 nitrogen and oxygen atoms in total. The van der Waals surface area contributed by atoms with Crippen molar-refractivity contribution in [2.24, 2.45) is 0 Å². The van der Waals surface area contributed by atoms with Gasteiger partial charge in [0.05, 0.1) is 7.11 Å². The van der Waals surface area contributed by atoms with Gasteiger partial charge in [0.25, 0.3) is 0 Å². The van der Waals surface area contributed by atoms with Crippen molar-refractivity contribution in [1.82, 2.24) is 5.32 Å². The largest absolute Gasteiger partial charge is 0.467 e. The number of methoxy groups -OCH3 is 1. The van der Waals surface area contributed by atoms with E-state index in [1.165, 1.54) is 29.9 Å². The lowest BCUT2D eigenvalue weighted by Gasteiger charge is -2.21. The third-order valence-corrected chi connectivity index (χ3v) is 6.92. The smallest absolute Gasteiger partial charge is 0.328 e. The Balaban J connectivity index is 1.96. The summed E-state index contributed by atoms with van der Waals surface area (Å²) in [4.78, 5) is 23.6. The quantitative estimate of drug-likeness (QED) is 0.486. The minimum atomic E-state index is -0.726. The Hall–Kier alpha value is -2.97. The van der Waals surface area contributed by atoms with Crippen molar-refractivity contribution in [2.45, 2.75) is 19.4 Å². The Kier molecular flexibility index (Phi) is 7.15. The zero-order valence-electron chi connectivity index (χ0n) is 16.5. The average molecular weight is 405 g/mol. The second kappa shape index (κ2) is 9.99. The normalized spacial score (nSPS) is 11.7. The van der Waals surface area contributed by atoms with Crippen molar-refractivity contribution in [3.63, 3.8) is 0 Å². The number of rotatable bonds is 7. The standard InChI is InChI=1S/C24H24NO3P/c1-18(26)25-23(24(27)28-2)17-19-10-9-15-22(16-19)29(20-11-5-3-6-12-20)21-13-7-4-8-14-21/h3-16,23H,17H2,1-2H3,(H,25,26). The van der Waals surface area contributed by atoms with Gasteiger partial charge in [0, 0.05) is 13.3 Å². The zero-order chi connectivity index (χ0) is 20.6. The van der Waals surface area contributed by atoms with Gasteiger partial charge in [0.2, 0.25) is 5.91 Å². The molecule has 0 radical (unpaired) electrons. The number of esters is 1. The van der Waals surface area contributed by atoms with E-state index >= 15 is 0 Å². The van der Waals surface area contributed by atoms with Crippen LogP contribution in [0.25, 0.3) is 0 Å². The summed E-state index contributed by atoms with van der Waals surface area (Å²) in [5.41, 5.74) is 0.978. The van der Waals surface area contributed by atoms with Gasteiger partial charge in [-0.05, 0) is 29.4 Å². The highest BCUT2D eigenvalue weighted by Crippen LogP contribution is 2.32. The molecule has 0 aliphatic heterocycles. The molecule has 0 aliphatic carbocycles. The predicted octanol–water partition coefficient (Wildman–Crippen LogP) is 2.67. The van der Waals surface area contributed by atoms with Crippen LogP contribution in [-0.2, 0) is 20.7 Å². The van der Waals surface area contributed by atoms with Gasteiger partial charge in [0.15, 0.2) is 0 Å². The summed E-state index contributed by atoms with van der Waals surface area (Å²) in [6.45, 7) is 1.40. The van der Waals surface area contributed by atoms with E-state index in [0.717, 1.165) is 5.56 Å². The summed E-state index contributed by atoms with van der Waals surface area (Å²) >= 11 is 0. The molecule has 3 aromatic carbocycles. The van der Waals surface area contributed by atoms with Crippen molar-refractivity contribution in [3.8, 4) is 0 Å². The number of hydrogen-bond donors (Lipinski definition) is 1. The first-order chi connectivity index (χ1) is 14.1. The molecule has 5 heteroatoms. The third-order valence-electron chi connectivity index (χ3n) is 4.50. The highest BCUT2D eigenvalue weighted by atomic mass is 31.1. The van der Waals surface area contributed by atoms with Gasteiger partial charge in [-0.1, -0.05) is 84.9 Å². The Morgan fingerprint density at radius 2 is 1.41 bits per heavy atom. The van der Waals surface area contributed by atoms with E-state index in [4.69, 9.17) is 4.74 Å². The van der Waals surface area contributed by atoms with Crippen LogP contribution in [-0.4, -0.2) is 25.0 Å². The van der Waals surface area contributed by atoms with Crippen LogP contribution in [0.4, 0.5) is 0 Å². The van der Waals surface area contributed by atoms with Gasteiger partial charge in [-0.15, -0.1) is 0 Å². The molecule has 0 aliphatic rings. The van der Waals surface area contributed by atoms with Gasteiger partial charge >= 0.3 is 5.97 Å². The van der Waals surface area contributed by atoms with Crippen molar-refractivity contribution in [1.29, 1.82) is 0 Å². The summed E-state index contributed by atoms with van der Waals surface area (Å²) in [5.74, 6) is -0.702. The number of nitrogens with one attached hydrogen (secondary N) is 1. The fraction of sp³-hybridized carbons (Fsp3) is 0.167. The van der Waals surface area contributed by atoms with Crippen LogP contribution in [0.1, 0.15) is 12.5 Å². The first kappa shape index (κ1) is 20.8. The molecule has 1 atom stereocenters. The summed E-state index contributed by atoms with van der Waals surface area (Å²) in [6.07, 6.45) is 0.382. The molecule has 0 fully saturated rings. The number of carbonyl (C=O) groups excluding carboxylic acids is 2. The van der Waals surface area contributed by atoms with E-state index < -0.39 is 19.9 Å². The van der Waals surface area contributed by atoms with E-state index in [0.29, 0.717) is 6.42 Å². The summed E-state index contributed by atoms with van der Waals surface area (Å²) in [6, 6.07) is 28.4. The van der Waals surface area contributed by atoms with Gasteiger partial charge in [-0.2, -0.15) is 0 Å². The van der Waals surface area contributed by atoms with Gasteiger partial charge in [0.1, 0.15) is 6.04 Å². The van der Waals surface area contributed by atoms with Crippen LogP contribution in [0, 0.1) is 0 Å². The minimum absolute atomic E-state index is 0.257. The fourth-order valence-corrected chi connectivity index (χ4v) is 5.61. The lowest BCUT2D eigenvalue weighted by atomic mass is 10.1. The maximum absolute atomic E-state index is 12.1. The second-order valence-electron chi connectivity index (χ2n) is 6.66. The summed E-state index contributed by atoms with van der Waals surface area (Å²) < 4.78 is 4.85. The number of carbonyl (C=O) groups is 2. The highest BCUT2D eigenvalue weighted by molar-refractivity contribution is 7.79. The summed E-state index contributed by atoms with van der Waals surface area (Å²) in [7, 11) is 0.605. The first-order valence-electron chi connectivity index (χ1n) is 9.42. The molecule has 3 rings (SSSR count). The lowest BCUT2D eigenvalue weighted by Crippen LogP contribution is -2.42. The molecule has 0 aromatic heterocycles. The molecule has 29 heavy (non-hydrogen) atoms. The maximum Gasteiger partial charge on any atom is 0.328 e. The molecule has 1 unspecified atom stereocenters. The number of ether oxygens (including phenoxy) is 1. The third kappa shape index (κ3) is 5.52. The average Bonchev–Trinajstić information content (AvgIpc) is 2.74. The second-order valence-corrected chi connectivity index (χ2v) is 8.88. The van der Waals surface area contributed by atoms with Crippen LogP contribution in [0.15, 0.2) is 84.9 Å². The van der Waals surface area contributed by atoms with Crippen LogP contribution >= 0.6 is 7.92 Å². The van der Waals surface area contributed by atoms with Crippen LogP contribution < -0.4 is 21.2 Å². The molecule has 3 aromatic rings. The molecular formula is C24H24NO3P. The number of amides is 1. The molecule has 1 N–H and O–H groups in total. The monoisotopic (exact) mass is 405 g/mol. The van der Waals surface area contributed by atoms with E-state index in [9.17, 15) is 9.59 Å². The van der Waals surface area contributed by atoms with Crippen LogP contribution in [0.3, 0.4) is 0 Å². The fourth-order valence-electron chi connectivity index (χ4n) is 3.24. The van der Waals surface area contributed by atoms with Crippen molar-refractivity contribution in [2.75, 3.05) is 7.11 Å². The van der Waals surface area contributed by atoms with E-state index in [1.807, 2.05) is 24.3 Å². The van der Waals surface area contributed by atoms with Crippen molar-refractivity contribution in [3.05, 3.63) is 90.5 Å². The van der Waals surface area contributed by atoms with Gasteiger partial charge in [-0.25, -0.2) is 4.79 Å². The number of hydrogen-bond acceptors (Lipinski definition) is 3.